The Labute approximate surface area is 246 Å². The molecular formula is C29H35N5O7S. The summed E-state index contributed by atoms with van der Waals surface area (Å²) >= 11 is 0. The van der Waals surface area contributed by atoms with Gasteiger partial charge in [-0.15, -0.1) is 0 Å². The van der Waals surface area contributed by atoms with E-state index in [2.05, 4.69) is 31.6 Å². The van der Waals surface area contributed by atoms with Crippen LogP contribution in [0.25, 0.3) is 4.85 Å². The van der Waals surface area contributed by atoms with E-state index in [4.69, 9.17) is 16.0 Å². The van der Waals surface area contributed by atoms with E-state index >= 15 is 0 Å². The van der Waals surface area contributed by atoms with Crippen molar-refractivity contribution in [2.45, 2.75) is 19.9 Å². The van der Waals surface area contributed by atoms with Crippen LogP contribution >= 0.6 is 0 Å². The number of rotatable bonds is 12. The Bertz CT molecular complexity index is 1450. The van der Waals surface area contributed by atoms with Gasteiger partial charge in [0.05, 0.1) is 12.2 Å². The lowest BCUT2D eigenvalue weighted by molar-refractivity contribution is -0.140. The third-order valence-electron chi connectivity index (χ3n) is 6.46. The number of methoxy groups -OCH3 is 1. The molecule has 3 N–H and O–H groups in total. The molecule has 0 bridgehead atoms. The average Bonchev–Trinajstić information content (AvgIpc) is 2.98. The number of carboxylic acids is 1. The molecule has 1 heterocycles. The Morgan fingerprint density at radius 2 is 1.69 bits per heavy atom. The summed E-state index contributed by atoms with van der Waals surface area (Å²) in [6, 6.07) is 11.4. The number of carbonyl (C=O) groups is 2. The topological polar surface area (TPSA) is 142 Å². The van der Waals surface area contributed by atoms with Gasteiger partial charge in [-0.25, -0.2) is 6.57 Å². The van der Waals surface area contributed by atoms with Crippen LogP contribution < -0.4 is 19.7 Å². The Balaban J connectivity index is 1.65. The van der Waals surface area contributed by atoms with Crippen molar-refractivity contribution in [3.05, 3.63) is 70.6 Å². The number of anilines is 1. The van der Waals surface area contributed by atoms with E-state index in [1.807, 2.05) is 24.3 Å². The van der Waals surface area contributed by atoms with Gasteiger partial charge < -0.3 is 19.5 Å². The van der Waals surface area contributed by atoms with E-state index < -0.39 is 34.0 Å². The molecule has 0 aromatic heterocycles. The Morgan fingerprint density at radius 3 is 2.29 bits per heavy atom. The molecule has 13 heteroatoms. The van der Waals surface area contributed by atoms with Gasteiger partial charge in [-0.1, -0.05) is 25.7 Å². The molecule has 0 radical (unpaired) electrons. The molecule has 0 spiro atoms. The maximum absolute atomic E-state index is 12.7. The van der Waals surface area contributed by atoms with E-state index in [-0.39, 0.29) is 31.9 Å². The number of piperazine rings is 1. The summed E-state index contributed by atoms with van der Waals surface area (Å²) in [7, 11) is -2.38. The van der Waals surface area contributed by atoms with Crippen LogP contribution in [0.4, 0.5) is 5.69 Å². The third-order valence-corrected chi connectivity index (χ3v) is 8.06. The zero-order valence-corrected chi connectivity index (χ0v) is 24.6. The van der Waals surface area contributed by atoms with Crippen LogP contribution in [0.15, 0.2) is 42.5 Å². The number of carbonyl (C=O) groups excluding carboxylic acids is 1. The molecule has 0 saturated carbocycles. The van der Waals surface area contributed by atoms with Crippen LogP contribution in [0.5, 0.6) is 5.75 Å². The highest BCUT2D eigenvalue weighted by atomic mass is 32.2. The molecule has 1 amide bonds. The van der Waals surface area contributed by atoms with E-state index in [1.54, 1.807) is 39.2 Å². The van der Waals surface area contributed by atoms with Gasteiger partial charge in [0.15, 0.2) is 0 Å². The number of amides is 1. The molecule has 0 unspecified atom stereocenters. The van der Waals surface area contributed by atoms with Gasteiger partial charge in [0.2, 0.25) is 0 Å². The fourth-order valence-electron chi connectivity index (χ4n) is 4.15. The maximum atomic E-state index is 12.7. The van der Waals surface area contributed by atoms with E-state index in [0.717, 1.165) is 11.3 Å². The quantitative estimate of drug-likeness (QED) is 0.191. The SMILES string of the molecule is [C-]#[N+]CNC(=O)c1cc(C#Cc2ccc(N3CCN(S(=O)(=O)N[C@@H](C(=O)O)C(C)C)CC3)cc2)ccc1OCCOC. The lowest BCUT2D eigenvalue weighted by atomic mass is 10.1. The summed E-state index contributed by atoms with van der Waals surface area (Å²) in [5.74, 6) is 4.47. The zero-order chi connectivity index (χ0) is 30.7. The first-order chi connectivity index (χ1) is 20.1. The molecule has 224 valence electrons. The molecule has 2 aromatic carbocycles. The monoisotopic (exact) mass is 597 g/mol. The summed E-state index contributed by atoms with van der Waals surface area (Å²) in [6.07, 6.45) is 0. The number of hydrogen-bond acceptors (Lipinski definition) is 7. The van der Waals surface area contributed by atoms with Crippen LogP contribution in [0.3, 0.4) is 0 Å². The van der Waals surface area contributed by atoms with Gasteiger partial charge in [-0.2, -0.15) is 17.4 Å². The van der Waals surface area contributed by atoms with Gasteiger partial charge in [-0.05, 0) is 48.4 Å². The van der Waals surface area contributed by atoms with E-state index in [9.17, 15) is 23.1 Å². The average molecular weight is 598 g/mol. The number of nitrogens with one attached hydrogen (secondary N) is 2. The number of hydrogen-bond donors (Lipinski definition) is 3. The number of carboxylic acid groups (broad SMARTS) is 1. The van der Waals surface area contributed by atoms with Crippen LogP contribution in [0.1, 0.15) is 35.3 Å². The van der Waals surface area contributed by atoms with Gasteiger partial charge in [0.1, 0.15) is 18.4 Å². The van der Waals surface area contributed by atoms with Gasteiger partial charge in [-0.3, -0.25) is 19.8 Å². The molecule has 1 saturated heterocycles. The van der Waals surface area contributed by atoms with Crippen molar-refractivity contribution < 1.29 is 32.6 Å². The summed E-state index contributed by atoms with van der Waals surface area (Å²) in [6.45, 7) is 12.0. The number of aliphatic carboxylic acids is 1. The largest absolute Gasteiger partial charge is 0.490 e. The van der Waals surface area contributed by atoms with Crippen LogP contribution in [0.2, 0.25) is 0 Å². The molecule has 42 heavy (non-hydrogen) atoms. The fraction of sp³-hybridized carbons (Fsp3) is 0.414. The number of benzene rings is 2. The first kappa shape index (κ1) is 32.4. The van der Waals surface area contributed by atoms with Crippen molar-refractivity contribution in [1.29, 1.82) is 0 Å². The lowest BCUT2D eigenvalue weighted by Crippen LogP contribution is -2.55. The first-order valence-corrected chi connectivity index (χ1v) is 14.7. The maximum Gasteiger partial charge on any atom is 0.322 e. The normalized spacial score (nSPS) is 14.4. The molecule has 1 aliphatic rings. The van der Waals surface area contributed by atoms with Crippen molar-refractivity contribution in [1.82, 2.24) is 14.3 Å². The minimum atomic E-state index is -3.93. The molecule has 2 aromatic rings. The van der Waals surface area contributed by atoms with Gasteiger partial charge >= 0.3 is 5.97 Å². The van der Waals surface area contributed by atoms with Gasteiger partial charge in [0, 0.05) is 50.1 Å². The Kier molecular flexibility index (Phi) is 11.7. The molecule has 3 rings (SSSR count). The molecule has 1 fully saturated rings. The minimum absolute atomic E-state index is 0.149. The van der Waals surface area contributed by atoms with E-state index in [0.29, 0.717) is 31.0 Å². The molecular weight excluding hydrogens is 562 g/mol. The second kappa shape index (κ2) is 15.2. The van der Waals surface area contributed by atoms with Crippen molar-refractivity contribution in [3.8, 4) is 17.6 Å². The molecule has 1 atom stereocenters. The smallest absolute Gasteiger partial charge is 0.322 e. The van der Waals surface area contributed by atoms with Crippen molar-refractivity contribution >= 4 is 27.8 Å². The highest BCUT2D eigenvalue weighted by Crippen LogP contribution is 2.21. The summed E-state index contributed by atoms with van der Waals surface area (Å²) < 4.78 is 39.7. The third kappa shape index (κ3) is 8.93. The Morgan fingerprint density at radius 1 is 1.05 bits per heavy atom. The van der Waals surface area contributed by atoms with Crippen LogP contribution in [-0.2, 0) is 19.7 Å². The van der Waals surface area contributed by atoms with Crippen LogP contribution in [0, 0.1) is 24.3 Å². The fourth-order valence-corrected chi connectivity index (χ4v) is 5.63. The van der Waals surface area contributed by atoms with Crippen molar-refractivity contribution in [2.75, 3.05) is 58.1 Å². The predicted molar refractivity (Wildman–Crippen MR) is 157 cm³/mol. The first-order valence-electron chi connectivity index (χ1n) is 13.3. The molecule has 1 aliphatic heterocycles. The number of nitrogens with zero attached hydrogens (tertiary/aromatic N) is 3. The predicted octanol–water partition coefficient (Wildman–Crippen LogP) is 1.78. The minimum Gasteiger partial charge on any atom is -0.490 e. The molecule has 12 nitrogen and oxygen atoms in total. The highest BCUT2D eigenvalue weighted by Gasteiger charge is 2.33. The van der Waals surface area contributed by atoms with Crippen molar-refractivity contribution in [2.24, 2.45) is 5.92 Å². The van der Waals surface area contributed by atoms with Gasteiger partial charge in [0.25, 0.3) is 22.8 Å². The second-order valence-corrected chi connectivity index (χ2v) is 11.4. The van der Waals surface area contributed by atoms with Crippen LogP contribution in [-0.4, -0.2) is 88.9 Å². The standard InChI is InChI=1S/C29H35N5O7S/c1-21(2)27(29(36)37)32-42(38,39)34-15-13-33(14-16-34)24-10-7-22(8-11-24)5-6-23-9-12-26(41-18-17-40-4)25(19-23)28(35)31-20-30-3/h7-12,19,21,27,32H,13-18,20H2,1-2,4H3,(H,31,35)(H,36,37)/t27-/m1/s1. The second-order valence-electron chi connectivity index (χ2n) is 9.74. The Hall–Kier alpha value is -4.14. The van der Waals surface area contributed by atoms with E-state index in [1.165, 1.54) is 4.31 Å². The summed E-state index contributed by atoms with van der Waals surface area (Å²) in [5.41, 5.74) is 2.53. The van der Waals surface area contributed by atoms with Crippen molar-refractivity contribution in [3.63, 3.8) is 0 Å². The highest BCUT2D eigenvalue weighted by molar-refractivity contribution is 7.87. The summed E-state index contributed by atoms with van der Waals surface area (Å²) in [4.78, 5) is 29.2. The molecule has 0 aliphatic carbocycles. The zero-order valence-electron chi connectivity index (χ0n) is 23.8. The lowest BCUT2D eigenvalue weighted by Gasteiger charge is -2.36. The number of ether oxygens (including phenoxy) is 2. The summed E-state index contributed by atoms with van der Waals surface area (Å²) in [5, 5.41) is 11.9.